The van der Waals surface area contributed by atoms with Crippen molar-refractivity contribution in [3.05, 3.63) is 64.2 Å². The smallest absolute Gasteiger partial charge is 0.253 e. The zero-order valence-corrected chi connectivity index (χ0v) is 18.4. The second-order valence-corrected chi connectivity index (χ2v) is 10.1. The van der Waals surface area contributed by atoms with Crippen LogP contribution in [0.4, 0.5) is 4.39 Å². The van der Waals surface area contributed by atoms with E-state index in [0.717, 1.165) is 25.8 Å². The summed E-state index contributed by atoms with van der Waals surface area (Å²) in [5.74, 6) is -0.419. The van der Waals surface area contributed by atoms with E-state index < -0.39 is 28.5 Å². The molecule has 0 saturated carbocycles. The standard InChI is InChI=1S/C22H26ClFN2O3S/c1-2-30(28,29)17-9-5-7-15(13-17)21(19-11-3-4-12-25-19)26-22(27)18-10-6-8-16(14-24)20(18)23/h5-10,13,19,21,25H,2-4,11-12,14H2,1H3,(H,26,27)/t19-,21+/m1/s1. The molecule has 5 nitrogen and oxygen atoms in total. The Labute approximate surface area is 181 Å². The van der Waals surface area contributed by atoms with E-state index >= 15 is 0 Å². The first-order valence-corrected chi connectivity index (χ1v) is 12.1. The molecule has 1 heterocycles. The summed E-state index contributed by atoms with van der Waals surface area (Å²) in [6.45, 7) is 1.66. The molecule has 1 amide bonds. The first-order valence-electron chi connectivity index (χ1n) is 10.1. The van der Waals surface area contributed by atoms with Crippen LogP contribution in [0, 0.1) is 0 Å². The van der Waals surface area contributed by atoms with E-state index in [1.54, 1.807) is 43.3 Å². The van der Waals surface area contributed by atoms with Gasteiger partial charge in [-0.15, -0.1) is 0 Å². The highest BCUT2D eigenvalue weighted by Crippen LogP contribution is 2.28. The third-order valence-electron chi connectivity index (χ3n) is 5.46. The van der Waals surface area contributed by atoms with Crippen molar-refractivity contribution in [1.29, 1.82) is 0 Å². The SMILES string of the molecule is CCS(=O)(=O)c1cccc([C@H](NC(=O)c2cccc(CF)c2Cl)[C@H]2CCCCN2)c1. The summed E-state index contributed by atoms with van der Waals surface area (Å²) in [6, 6.07) is 10.9. The fourth-order valence-electron chi connectivity index (χ4n) is 3.72. The van der Waals surface area contributed by atoms with Crippen molar-refractivity contribution in [2.75, 3.05) is 12.3 Å². The van der Waals surface area contributed by atoms with E-state index in [4.69, 9.17) is 11.6 Å². The van der Waals surface area contributed by atoms with Gasteiger partial charge < -0.3 is 10.6 Å². The maximum absolute atomic E-state index is 13.2. The number of carbonyl (C=O) groups excluding carboxylic acids is 1. The number of hydrogen-bond acceptors (Lipinski definition) is 4. The van der Waals surface area contributed by atoms with Crippen LogP contribution in [0.15, 0.2) is 47.4 Å². The van der Waals surface area contributed by atoms with Crippen LogP contribution >= 0.6 is 11.6 Å². The van der Waals surface area contributed by atoms with E-state index in [1.807, 2.05) is 6.07 Å². The molecule has 30 heavy (non-hydrogen) atoms. The Kier molecular flexibility index (Phi) is 7.50. The number of amides is 1. The molecule has 2 atom stereocenters. The third kappa shape index (κ3) is 5.02. The number of carbonyl (C=O) groups is 1. The number of hydrogen-bond donors (Lipinski definition) is 2. The summed E-state index contributed by atoms with van der Waals surface area (Å²) >= 11 is 6.23. The normalized spacial score (nSPS) is 18.0. The molecule has 1 aliphatic rings. The first-order chi connectivity index (χ1) is 14.4. The molecule has 0 aliphatic carbocycles. The second-order valence-electron chi connectivity index (χ2n) is 7.40. The second kappa shape index (κ2) is 9.90. The molecule has 0 spiro atoms. The Morgan fingerprint density at radius 2 is 2.03 bits per heavy atom. The van der Waals surface area contributed by atoms with E-state index in [0.29, 0.717) is 5.56 Å². The fourth-order valence-corrected chi connectivity index (χ4v) is 4.92. The van der Waals surface area contributed by atoms with Crippen LogP contribution in [0.2, 0.25) is 5.02 Å². The highest BCUT2D eigenvalue weighted by Gasteiger charge is 2.28. The lowest BCUT2D eigenvalue weighted by Gasteiger charge is -2.32. The minimum atomic E-state index is -3.38. The average molecular weight is 453 g/mol. The van der Waals surface area contributed by atoms with Crippen molar-refractivity contribution in [2.45, 2.75) is 49.8 Å². The summed E-state index contributed by atoms with van der Waals surface area (Å²) in [4.78, 5) is 13.3. The van der Waals surface area contributed by atoms with E-state index in [2.05, 4.69) is 10.6 Å². The van der Waals surface area contributed by atoms with Gasteiger partial charge in [0, 0.05) is 11.6 Å². The van der Waals surface area contributed by atoms with E-state index in [1.165, 1.54) is 0 Å². The molecule has 2 N–H and O–H groups in total. The average Bonchev–Trinajstić information content (AvgIpc) is 2.78. The monoisotopic (exact) mass is 452 g/mol. The molecular formula is C22H26ClFN2O3S. The molecule has 8 heteroatoms. The molecule has 162 valence electrons. The summed E-state index contributed by atoms with van der Waals surface area (Å²) in [5.41, 5.74) is 1.16. The zero-order chi connectivity index (χ0) is 21.7. The number of halogens is 2. The van der Waals surface area contributed by atoms with Gasteiger partial charge >= 0.3 is 0 Å². The van der Waals surface area contributed by atoms with Crippen molar-refractivity contribution in [2.24, 2.45) is 0 Å². The van der Waals surface area contributed by atoms with Crippen molar-refractivity contribution in [3.63, 3.8) is 0 Å². The topological polar surface area (TPSA) is 75.3 Å². The molecule has 1 saturated heterocycles. The van der Waals surface area contributed by atoms with Gasteiger partial charge in [0.25, 0.3) is 5.91 Å². The number of nitrogens with one attached hydrogen (secondary N) is 2. The van der Waals surface area contributed by atoms with Crippen LogP contribution in [0.3, 0.4) is 0 Å². The van der Waals surface area contributed by atoms with Crippen molar-refractivity contribution in [3.8, 4) is 0 Å². The van der Waals surface area contributed by atoms with Gasteiger partial charge in [0.1, 0.15) is 6.67 Å². The van der Waals surface area contributed by atoms with Crippen molar-refractivity contribution < 1.29 is 17.6 Å². The highest BCUT2D eigenvalue weighted by atomic mass is 35.5. The van der Waals surface area contributed by atoms with Crippen LogP contribution in [0.5, 0.6) is 0 Å². The maximum Gasteiger partial charge on any atom is 0.253 e. The number of benzene rings is 2. The lowest BCUT2D eigenvalue weighted by Crippen LogP contribution is -2.46. The summed E-state index contributed by atoms with van der Waals surface area (Å²) < 4.78 is 37.9. The van der Waals surface area contributed by atoms with Gasteiger partial charge in [0.05, 0.1) is 27.3 Å². The van der Waals surface area contributed by atoms with Crippen molar-refractivity contribution >= 4 is 27.3 Å². The molecule has 0 aromatic heterocycles. The molecule has 2 aromatic rings. The molecule has 0 unspecified atom stereocenters. The molecule has 0 radical (unpaired) electrons. The quantitative estimate of drug-likeness (QED) is 0.659. The Morgan fingerprint density at radius 1 is 1.27 bits per heavy atom. The molecule has 1 aliphatic heterocycles. The van der Waals surface area contributed by atoms with Gasteiger partial charge in [-0.1, -0.05) is 49.2 Å². The molecule has 0 bridgehead atoms. The van der Waals surface area contributed by atoms with Gasteiger partial charge in [-0.05, 0) is 43.1 Å². The van der Waals surface area contributed by atoms with Crippen LogP contribution < -0.4 is 10.6 Å². The van der Waals surface area contributed by atoms with Gasteiger partial charge in [0.2, 0.25) is 0 Å². The van der Waals surface area contributed by atoms with Crippen molar-refractivity contribution in [1.82, 2.24) is 10.6 Å². The number of rotatable bonds is 7. The van der Waals surface area contributed by atoms with E-state index in [-0.39, 0.29) is 32.8 Å². The highest BCUT2D eigenvalue weighted by molar-refractivity contribution is 7.91. The Morgan fingerprint density at radius 3 is 2.70 bits per heavy atom. The van der Waals surface area contributed by atoms with Gasteiger partial charge in [0.15, 0.2) is 9.84 Å². The first kappa shape index (κ1) is 22.7. The summed E-state index contributed by atoms with van der Waals surface area (Å²) in [5, 5.41) is 6.52. The lowest BCUT2D eigenvalue weighted by molar-refractivity contribution is 0.0922. The fraction of sp³-hybridized carbons (Fsp3) is 0.409. The van der Waals surface area contributed by atoms with Crippen LogP contribution in [0.1, 0.15) is 53.7 Å². The van der Waals surface area contributed by atoms with Gasteiger partial charge in [-0.2, -0.15) is 0 Å². The Bertz CT molecular complexity index is 1010. The predicted molar refractivity (Wildman–Crippen MR) is 116 cm³/mol. The van der Waals surface area contributed by atoms with Crippen LogP contribution in [0.25, 0.3) is 0 Å². The van der Waals surface area contributed by atoms with Crippen LogP contribution in [-0.2, 0) is 16.5 Å². The van der Waals surface area contributed by atoms with E-state index in [9.17, 15) is 17.6 Å². The minimum Gasteiger partial charge on any atom is -0.344 e. The number of sulfone groups is 1. The predicted octanol–water partition coefficient (Wildman–Crippen LogP) is 4.22. The molecule has 2 aromatic carbocycles. The lowest BCUT2D eigenvalue weighted by atomic mass is 9.92. The number of alkyl halides is 1. The minimum absolute atomic E-state index is 0.000782. The van der Waals surface area contributed by atoms with Crippen LogP contribution in [-0.4, -0.2) is 32.7 Å². The number of piperidine rings is 1. The summed E-state index contributed by atoms with van der Waals surface area (Å²) in [6.07, 6.45) is 2.90. The maximum atomic E-state index is 13.2. The Balaban J connectivity index is 1.96. The largest absolute Gasteiger partial charge is 0.344 e. The van der Waals surface area contributed by atoms with Gasteiger partial charge in [-0.25, -0.2) is 12.8 Å². The molecular weight excluding hydrogens is 427 g/mol. The third-order valence-corrected chi connectivity index (χ3v) is 7.64. The van der Waals surface area contributed by atoms with Gasteiger partial charge in [-0.3, -0.25) is 4.79 Å². The Hall–Kier alpha value is -1.96. The molecule has 3 rings (SSSR count). The zero-order valence-electron chi connectivity index (χ0n) is 16.8. The summed E-state index contributed by atoms with van der Waals surface area (Å²) in [7, 11) is -3.38. The molecule has 1 fully saturated rings.